The number of rotatable bonds is 14. The quantitative estimate of drug-likeness (QED) is 0.332. The SMILES string of the molecule is CCCC(CCCCC(=O)NC(Cc1ccc(O)cc1)C(=O)NC(C)C(=O)O)SC. The van der Waals surface area contributed by atoms with Gasteiger partial charge in [-0.25, -0.2) is 0 Å². The van der Waals surface area contributed by atoms with E-state index in [4.69, 9.17) is 5.11 Å². The van der Waals surface area contributed by atoms with Crippen molar-refractivity contribution >= 4 is 29.5 Å². The molecule has 0 saturated carbocycles. The van der Waals surface area contributed by atoms with Crippen LogP contribution in [0, 0.1) is 0 Å². The van der Waals surface area contributed by atoms with Crippen molar-refractivity contribution in [2.45, 2.75) is 76.1 Å². The topological polar surface area (TPSA) is 116 Å². The summed E-state index contributed by atoms with van der Waals surface area (Å²) in [6, 6.07) is 4.40. The van der Waals surface area contributed by atoms with Crippen molar-refractivity contribution in [1.82, 2.24) is 10.6 Å². The van der Waals surface area contributed by atoms with Crippen LogP contribution in [0.2, 0.25) is 0 Å². The molecular weight excluding hydrogens is 404 g/mol. The van der Waals surface area contributed by atoms with Crippen LogP contribution >= 0.6 is 11.8 Å². The van der Waals surface area contributed by atoms with Crippen molar-refractivity contribution in [1.29, 1.82) is 0 Å². The Balaban J connectivity index is 2.64. The van der Waals surface area contributed by atoms with Gasteiger partial charge in [-0.15, -0.1) is 0 Å². The summed E-state index contributed by atoms with van der Waals surface area (Å²) in [6.45, 7) is 3.54. The number of amides is 2. The highest BCUT2D eigenvalue weighted by atomic mass is 32.2. The number of unbranched alkanes of at least 4 members (excludes halogenated alkanes) is 1. The summed E-state index contributed by atoms with van der Waals surface area (Å²) in [4.78, 5) is 36.0. The number of nitrogens with one attached hydrogen (secondary N) is 2. The molecule has 0 fully saturated rings. The van der Waals surface area contributed by atoms with Gasteiger partial charge in [0.2, 0.25) is 11.8 Å². The zero-order valence-corrected chi connectivity index (χ0v) is 18.8. The second-order valence-electron chi connectivity index (χ2n) is 7.45. The monoisotopic (exact) mass is 438 g/mol. The van der Waals surface area contributed by atoms with Crippen LogP contribution in [0.25, 0.3) is 0 Å². The first kappa shape index (κ1) is 25.8. The molecule has 0 heterocycles. The predicted octanol–water partition coefficient (Wildman–Crippen LogP) is 3.10. The van der Waals surface area contributed by atoms with Gasteiger partial charge in [-0.2, -0.15) is 11.8 Å². The number of carbonyl (C=O) groups excluding carboxylic acids is 2. The number of carboxylic acid groups (broad SMARTS) is 1. The van der Waals surface area contributed by atoms with Crippen LogP contribution in [0.3, 0.4) is 0 Å². The van der Waals surface area contributed by atoms with E-state index >= 15 is 0 Å². The number of aliphatic carboxylic acids is 1. The van der Waals surface area contributed by atoms with E-state index in [2.05, 4.69) is 23.8 Å². The second-order valence-corrected chi connectivity index (χ2v) is 8.59. The van der Waals surface area contributed by atoms with E-state index in [1.165, 1.54) is 25.5 Å². The summed E-state index contributed by atoms with van der Waals surface area (Å²) in [5.74, 6) is -1.81. The third kappa shape index (κ3) is 10.0. The molecular formula is C22H34N2O5S. The minimum atomic E-state index is -1.14. The van der Waals surface area contributed by atoms with Gasteiger partial charge in [0.1, 0.15) is 17.8 Å². The van der Waals surface area contributed by atoms with E-state index in [1.54, 1.807) is 12.1 Å². The van der Waals surface area contributed by atoms with Gasteiger partial charge >= 0.3 is 5.97 Å². The van der Waals surface area contributed by atoms with E-state index in [0.717, 1.165) is 31.2 Å². The number of hydrogen-bond acceptors (Lipinski definition) is 5. The lowest BCUT2D eigenvalue weighted by atomic mass is 10.0. The second kappa shape index (κ2) is 13.9. The largest absolute Gasteiger partial charge is 0.508 e. The maximum Gasteiger partial charge on any atom is 0.325 e. The smallest absolute Gasteiger partial charge is 0.325 e. The lowest BCUT2D eigenvalue weighted by Crippen LogP contribution is -2.51. The first-order valence-electron chi connectivity index (χ1n) is 10.4. The van der Waals surface area contributed by atoms with Crippen LogP contribution < -0.4 is 10.6 Å². The highest BCUT2D eigenvalue weighted by molar-refractivity contribution is 7.99. The van der Waals surface area contributed by atoms with Crippen molar-refractivity contribution < 1.29 is 24.6 Å². The minimum absolute atomic E-state index is 0.106. The molecule has 3 atom stereocenters. The highest BCUT2D eigenvalue weighted by Crippen LogP contribution is 2.20. The fourth-order valence-corrected chi connectivity index (χ4v) is 3.95. The average molecular weight is 439 g/mol. The zero-order chi connectivity index (χ0) is 22.5. The lowest BCUT2D eigenvalue weighted by molar-refractivity contribution is -0.141. The van der Waals surface area contributed by atoms with Crippen molar-refractivity contribution in [3.8, 4) is 5.75 Å². The number of carbonyl (C=O) groups is 3. The molecule has 0 radical (unpaired) electrons. The summed E-state index contributed by atoms with van der Waals surface area (Å²) in [5, 5.41) is 24.2. The number of hydrogen-bond donors (Lipinski definition) is 4. The molecule has 0 aliphatic carbocycles. The average Bonchev–Trinajstić information content (AvgIpc) is 2.71. The van der Waals surface area contributed by atoms with Crippen LogP contribution in [0.15, 0.2) is 24.3 Å². The third-order valence-corrected chi connectivity index (χ3v) is 6.02. The molecule has 3 unspecified atom stereocenters. The van der Waals surface area contributed by atoms with Gasteiger partial charge in [0.05, 0.1) is 0 Å². The molecule has 168 valence electrons. The van der Waals surface area contributed by atoms with Gasteiger partial charge < -0.3 is 20.8 Å². The van der Waals surface area contributed by atoms with Crippen molar-refractivity contribution in [3.05, 3.63) is 29.8 Å². The molecule has 7 nitrogen and oxygen atoms in total. The Kier molecular flexibility index (Phi) is 12.0. The molecule has 0 aliphatic rings. The van der Waals surface area contributed by atoms with Gasteiger partial charge in [-0.3, -0.25) is 14.4 Å². The van der Waals surface area contributed by atoms with Crippen LogP contribution in [-0.4, -0.2) is 51.6 Å². The number of carboxylic acids is 1. The number of aromatic hydroxyl groups is 1. The van der Waals surface area contributed by atoms with Gasteiger partial charge in [-0.05, 0) is 50.1 Å². The Morgan fingerprint density at radius 3 is 2.30 bits per heavy atom. The summed E-state index contributed by atoms with van der Waals surface area (Å²) < 4.78 is 0. The molecule has 4 N–H and O–H groups in total. The van der Waals surface area contributed by atoms with E-state index in [9.17, 15) is 19.5 Å². The third-order valence-electron chi connectivity index (χ3n) is 4.88. The normalized spacial score (nSPS) is 13.8. The summed E-state index contributed by atoms with van der Waals surface area (Å²) >= 11 is 1.86. The van der Waals surface area contributed by atoms with E-state index in [-0.39, 0.29) is 18.1 Å². The maximum atomic E-state index is 12.6. The van der Waals surface area contributed by atoms with Gasteiger partial charge in [-0.1, -0.05) is 31.9 Å². The molecule has 2 amide bonds. The molecule has 1 aromatic carbocycles. The van der Waals surface area contributed by atoms with E-state index < -0.39 is 24.0 Å². The molecule has 0 spiro atoms. The molecule has 1 aromatic rings. The summed E-state index contributed by atoms with van der Waals surface area (Å²) in [5.41, 5.74) is 0.749. The number of thioether (sulfide) groups is 1. The molecule has 0 aliphatic heterocycles. The van der Waals surface area contributed by atoms with Crippen LogP contribution in [-0.2, 0) is 20.8 Å². The van der Waals surface area contributed by atoms with Crippen molar-refractivity contribution in [2.75, 3.05) is 6.26 Å². The Hall–Kier alpha value is -2.22. The van der Waals surface area contributed by atoms with E-state index in [1.807, 2.05) is 11.8 Å². The van der Waals surface area contributed by atoms with Crippen molar-refractivity contribution in [2.24, 2.45) is 0 Å². The number of benzene rings is 1. The van der Waals surface area contributed by atoms with Crippen LogP contribution in [0.5, 0.6) is 5.75 Å². The fourth-order valence-electron chi connectivity index (χ4n) is 3.08. The highest BCUT2D eigenvalue weighted by Gasteiger charge is 2.24. The van der Waals surface area contributed by atoms with E-state index in [0.29, 0.717) is 11.7 Å². The molecule has 8 heteroatoms. The summed E-state index contributed by atoms with van der Waals surface area (Å²) in [7, 11) is 0. The predicted molar refractivity (Wildman–Crippen MR) is 120 cm³/mol. The molecule has 30 heavy (non-hydrogen) atoms. The Labute approximate surface area is 183 Å². The maximum absolute atomic E-state index is 12.6. The van der Waals surface area contributed by atoms with Gasteiger partial charge in [0.15, 0.2) is 0 Å². The van der Waals surface area contributed by atoms with Crippen molar-refractivity contribution in [3.63, 3.8) is 0 Å². The van der Waals surface area contributed by atoms with Crippen LogP contribution in [0.1, 0.15) is 57.9 Å². The fraction of sp³-hybridized carbons (Fsp3) is 0.591. The van der Waals surface area contributed by atoms with Gasteiger partial charge in [0.25, 0.3) is 0 Å². The minimum Gasteiger partial charge on any atom is -0.508 e. The first-order chi connectivity index (χ1) is 14.3. The Bertz CT molecular complexity index is 681. The molecule has 0 saturated heterocycles. The first-order valence-corrected chi connectivity index (χ1v) is 11.7. The van der Waals surface area contributed by atoms with Crippen LogP contribution in [0.4, 0.5) is 0 Å². The molecule has 0 bridgehead atoms. The Morgan fingerprint density at radius 1 is 1.07 bits per heavy atom. The summed E-state index contributed by atoms with van der Waals surface area (Å²) in [6.07, 6.45) is 7.71. The lowest BCUT2D eigenvalue weighted by Gasteiger charge is -2.20. The number of phenols is 1. The number of phenolic OH excluding ortho intramolecular Hbond substituents is 1. The molecule has 0 aromatic heterocycles. The molecule has 1 rings (SSSR count). The van der Waals surface area contributed by atoms with Gasteiger partial charge in [0, 0.05) is 18.1 Å². The zero-order valence-electron chi connectivity index (χ0n) is 18.0. The Morgan fingerprint density at radius 2 is 1.73 bits per heavy atom. The standard InChI is InChI=1S/C22H34N2O5S/c1-4-7-18(30-3)8-5-6-9-20(26)24-19(21(27)23-15(2)22(28)29)14-16-10-12-17(25)13-11-16/h10-13,15,18-19,25H,4-9,14H2,1-3H3,(H,23,27)(H,24,26)(H,28,29).